The molecule has 128 valence electrons. The zero-order chi connectivity index (χ0) is 17.9. The molecule has 0 N–H and O–H groups in total. The number of carbonyl (C=O) groups is 2. The fraction of sp³-hybridized carbons (Fsp3) is 0.238. The molecule has 4 heteroatoms. The van der Waals surface area contributed by atoms with Gasteiger partial charge in [0.1, 0.15) is 0 Å². The Balaban J connectivity index is 1.82. The van der Waals surface area contributed by atoms with Gasteiger partial charge in [-0.3, -0.25) is 9.59 Å². The molecule has 0 saturated carbocycles. The van der Waals surface area contributed by atoms with E-state index in [9.17, 15) is 9.59 Å². The standard InChI is InChI=1S/C21H22N2O2/c1-21(2)15-20(25)23(22(21)16-18-11-7-4-8-12-18)19(24)14-13-17-9-5-3-6-10-17/h3-14H,15-16H2,1-2H3/b14-13+. The molecule has 3 rings (SSSR count). The number of imide groups is 1. The Morgan fingerprint density at radius 1 is 1.04 bits per heavy atom. The Kier molecular flexibility index (Phi) is 4.81. The molecule has 1 saturated heterocycles. The lowest BCUT2D eigenvalue weighted by Gasteiger charge is -2.34. The minimum atomic E-state index is -0.400. The van der Waals surface area contributed by atoms with E-state index in [0.717, 1.165) is 11.1 Å². The maximum Gasteiger partial charge on any atom is 0.268 e. The zero-order valence-corrected chi connectivity index (χ0v) is 14.6. The van der Waals surface area contributed by atoms with Crippen LogP contribution in [0.5, 0.6) is 0 Å². The van der Waals surface area contributed by atoms with E-state index in [4.69, 9.17) is 0 Å². The lowest BCUT2D eigenvalue weighted by Crippen LogP contribution is -2.48. The van der Waals surface area contributed by atoms with Gasteiger partial charge in [0.25, 0.3) is 5.91 Å². The van der Waals surface area contributed by atoms with E-state index in [1.807, 2.05) is 79.5 Å². The molecule has 2 amide bonds. The van der Waals surface area contributed by atoms with Crippen LogP contribution in [0, 0.1) is 0 Å². The molecule has 0 radical (unpaired) electrons. The average Bonchev–Trinajstić information content (AvgIpc) is 2.83. The number of nitrogens with zero attached hydrogens (tertiary/aromatic N) is 2. The predicted molar refractivity (Wildman–Crippen MR) is 98.0 cm³/mol. The number of benzene rings is 2. The summed E-state index contributed by atoms with van der Waals surface area (Å²) in [4.78, 5) is 25.2. The summed E-state index contributed by atoms with van der Waals surface area (Å²) in [5, 5.41) is 3.15. The Morgan fingerprint density at radius 3 is 2.28 bits per heavy atom. The lowest BCUT2D eigenvalue weighted by atomic mass is 10.0. The van der Waals surface area contributed by atoms with Gasteiger partial charge in [-0.05, 0) is 31.1 Å². The molecular weight excluding hydrogens is 312 g/mol. The third-order valence-corrected chi connectivity index (χ3v) is 4.36. The van der Waals surface area contributed by atoms with Gasteiger partial charge in [0.15, 0.2) is 0 Å². The molecule has 0 atom stereocenters. The Bertz CT molecular complexity index is 782. The van der Waals surface area contributed by atoms with E-state index < -0.39 is 5.54 Å². The van der Waals surface area contributed by atoms with Gasteiger partial charge in [0, 0.05) is 24.6 Å². The van der Waals surface area contributed by atoms with E-state index >= 15 is 0 Å². The molecular formula is C21H22N2O2. The van der Waals surface area contributed by atoms with Crippen LogP contribution >= 0.6 is 0 Å². The van der Waals surface area contributed by atoms with E-state index in [0.29, 0.717) is 13.0 Å². The van der Waals surface area contributed by atoms with Gasteiger partial charge in [-0.2, -0.15) is 0 Å². The van der Waals surface area contributed by atoms with Crippen molar-refractivity contribution in [3.63, 3.8) is 0 Å². The molecule has 1 heterocycles. The van der Waals surface area contributed by atoms with Crippen LogP contribution in [-0.4, -0.2) is 27.4 Å². The molecule has 2 aromatic rings. The van der Waals surface area contributed by atoms with Gasteiger partial charge in [0.05, 0.1) is 0 Å². The van der Waals surface area contributed by atoms with Crippen LogP contribution in [0.2, 0.25) is 0 Å². The van der Waals surface area contributed by atoms with Crippen molar-refractivity contribution in [2.75, 3.05) is 0 Å². The van der Waals surface area contributed by atoms with E-state index in [1.165, 1.54) is 11.1 Å². The molecule has 25 heavy (non-hydrogen) atoms. The van der Waals surface area contributed by atoms with Gasteiger partial charge in [-0.1, -0.05) is 60.7 Å². The van der Waals surface area contributed by atoms with Gasteiger partial charge in [-0.25, -0.2) is 10.0 Å². The van der Waals surface area contributed by atoms with Crippen molar-refractivity contribution in [1.82, 2.24) is 10.0 Å². The van der Waals surface area contributed by atoms with Crippen LogP contribution in [0.3, 0.4) is 0 Å². The average molecular weight is 334 g/mol. The van der Waals surface area contributed by atoms with Crippen LogP contribution < -0.4 is 0 Å². The highest BCUT2D eigenvalue weighted by atomic mass is 16.2. The predicted octanol–water partition coefficient (Wildman–Crippen LogP) is 3.65. The third-order valence-electron chi connectivity index (χ3n) is 4.36. The van der Waals surface area contributed by atoms with Crippen LogP contribution in [0.15, 0.2) is 66.7 Å². The number of carbonyl (C=O) groups excluding carboxylic acids is 2. The van der Waals surface area contributed by atoms with Gasteiger partial charge >= 0.3 is 0 Å². The smallest absolute Gasteiger partial charge is 0.268 e. The van der Waals surface area contributed by atoms with Crippen LogP contribution in [0.4, 0.5) is 0 Å². The van der Waals surface area contributed by atoms with E-state index in [2.05, 4.69) is 0 Å². The van der Waals surface area contributed by atoms with Crippen molar-refractivity contribution in [1.29, 1.82) is 0 Å². The molecule has 1 fully saturated rings. The molecule has 0 aromatic heterocycles. The molecule has 1 aliphatic heterocycles. The fourth-order valence-electron chi connectivity index (χ4n) is 3.03. The maximum absolute atomic E-state index is 12.7. The summed E-state index contributed by atoms with van der Waals surface area (Å²) >= 11 is 0. The molecule has 0 spiro atoms. The first-order valence-electron chi connectivity index (χ1n) is 8.39. The summed E-state index contributed by atoms with van der Waals surface area (Å²) < 4.78 is 0. The van der Waals surface area contributed by atoms with Crippen molar-refractivity contribution in [2.45, 2.75) is 32.4 Å². The van der Waals surface area contributed by atoms with Crippen molar-refractivity contribution in [2.24, 2.45) is 0 Å². The number of rotatable bonds is 4. The molecule has 2 aromatic carbocycles. The SMILES string of the molecule is CC1(C)CC(=O)N(C(=O)/C=C/c2ccccc2)N1Cc1ccccc1. The first-order chi connectivity index (χ1) is 12.0. The summed E-state index contributed by atoms with van der Waals surface area (Å²) in [6.07, 6.45) is 3.53. The summed E-state index contributed by atoms with van der Waals surface area (Å²) in [5.41, 5.74) is 1.59. The Hall–Kier alpha value is -2.72. The second-order valence-corrected chi connectivity index (χ2v) is 6.82. The van der Waals surface area contributed by atoms with E-state index in [1.54, 1.807) is 6.08 Å². The normalized spacial score (nSPS) is 17.4. The monoisotopic (exact) mass is 334 g/mol. The van der Waals surface area contributed by atoms with Gasteiger partial charge in [-0.15, -0.1) is 0 Å². The number of hydrogen-bond acceptors (Lipinski definition) is 3. The number of amides is 2. The summed E-state index contributed by atoms with van der Waals surface area (Å²) in [5.74, 6) is -0.473. The minimum Gasteiger partial charge on any atom is -0.273 e. The van der Waals surface area contributed by atoms with Gasteiger partial charge < -0.3 is 0 Å². The quantitative estimate of drug-likeness (QED) is 0.801. The zero-order valence-electron chi connectivity index (χ0n) is 14.6. The number of hydrogen-bond donors (Lipinski definition) is 0. The summed E-state index contributed by atoms with van der Waals surface area (Å²) in [6.45, 7) is 4.49. The third kappa shape index (κ3) is 3.86. The first-order valence-corrected chi connectivity index (χ1v) is 8.39. The van der Waals surface area contributed by atoms with Crippen LogP contribution in [0.1, 0.15) is 31.4 Å². The summed E-state index contributed by atoms with van der Waals surface area (Å²) in [6, 6.07) is 19.5. The molecule has 0 bridgehead atoms. The molecule has 0 aliphatic carbocycles. The minimum absolute atomic E-state index is 0.163. The highest BCUT2D eigenvalue weighted by Gasteiger charge is 2.45. The first kappa shape index (κ1) is 17.1. The Labute approximate surface area is 148 Å². The summed E-state index contributed by atoms with van der Waals surface area (Å²) in [7, 11) is 0. The van der Waals surface area contributed by atoms with Crippen molar-refractivity contribution in [3.8, 4) is 0 Å². The maximum atomic E-state index is 12.7. The molecule has 0 unspecified atom stereocenters. The van der Waals surface area contributed by atoms with Crippen molar-refractivity contribution in [3.05, 3.63) is 77.9 Å². The van der Waals surface area contributed by atoms with Crippen molar-refractivity contribution < 1.29 is 9.59 Å². The number of hydrazine groups is 1. The molecule has 4 nitrogen and oxygen atoms in total. The molecule has 1 aliphatic rings. The largest absolute Gasteiger partial charge is 0.273 e. The lowest BCUT2D eigenvalue weighted by molar-refractivity contribution is -0.157. The second-order valence-electron chi connectivity index (χ2n) is 6.82. The fourth-order valence-corrected chi connectivity index (χ4v) is 3.03. The van der Waals surface area contributed by atoms with Crippen molar-refractivity contribution >= 4 is 17.9 Å². The highest BCUT2D eigenvalue weighted by Crippen LogP contribution is 2.32. The Morgan fingerprint density at radius 2 is 1.64 bits per heavy atom. The second kappa shape index (κ2) is 7.03. The van der Waals surface area contributed by atoms with E-state index in [-0.39, 0.29) is 11.8 Å². The van der Waals surface area contributed by atoms with Crippen LogP contribution in [-0.2, 0) is 16.1 Å². The highest BCUT2D eigenvalue weighted by molar-refractivity contribution is 6.03. The topological polar surface area (TPSA) is 40.6 Å². The van der Waals surface area contributed by atoms with Crippen LogP contribution in [0.25, 0.3) is 6.08 Å². The van der Waals surface area contributed by atoms with Gasteiger partial charge in [0.2, 0.25) is 5.91 Å².